The largest absolute Gasteiger partial charge is 0.478 e. The van der Waals surface area contributed by atoms with Crippen molar-refractivity contribution in [2.45, 2.75) is 10.6 Å². The van der Waals surface area contributed by atoms with E-state index in [1.165, 1.54) is 37.1 Å². The molecule has 0 atom stereocenters. The van der Waals surface area contributed by atoms with Gasteiger partial charge in [0.05, 0.1) is 23.4 Å². The summed E-state index contributed by atoms with van der Waals surface area (Å²) >= 11 is 7.18. The molecule has 110 valence electrons. The Labute approximate surface area is 129 Å². The summed E-state index contributed by atoms with van der Waals surface area (Å²) < 4.78 is 9.87. The van der Waals surface area contributed by atoms with Crippen LogP contribution in [0, 0.1) is 0 Å². The van der Waals surface area contributed by atoms with Gasteiger partial charge in [0.25, 0.3) is 0 Å². The third kappa shape index (κ3) is 3.80. The van der Waals surface area contributed by atoms with Crippen molar-refractivity contribution >= 4 is 35.3 Å². The van der Waals surface area contributed by atoms with Crippen molar-refractivity contribution in [2.24, 2.45) is 0 Å². The smallest absolute Gasteiger partial charge is 0.373 e. The fourth-order valence-electron chi connectivity index (χ4n) is 1.58. The molecule has 0 amide bonds. The molecule has 2 aromatic rings. The molecule has 0 unspecified atom stereocenters. The van der Waals surface area contributed by atoms with Crippen LogP contribution < -0.4 is 0 Å². The van der Waals surface area contributed by atoms with Crippen LogP contribution in [0.3, 0.4) is 0 Å². The van der Waals surface area contributed by atoms with E-state index in [9.17, 15) is 9.59 Å². The fourth-order valence-corrected chi connectivity index (χ4v) is 2.61. The number of aromatic carboxylic acids is 1. The average Bonchev–Trinajstić information content (AvgIpc) is 2.94. The lowest BCUT2D eigenvalue weighted by molar-refractivity contribution is 0.0563. The van der Waals surface area contributed by atoms with Crippen molar-refractivity contribution in [3.63, 3.8) is 0 Å². The lowest BCUT2D eigenvalue weighted by atomic mass is 10.2. The maximum atomic E-state index is 11.3. The van der Waals surface area contributed by atoms with Crippen LogP contribution in [0.2, 0.25) is 5.02 Å². The van der Waals surface area contributed by atoms with Crippen LogP contribution in [-0.2, 0) is 10.5 Å². The van der Waals surface area contributed by atoms with Gasteiger partial charge < -0.3 is 14.3 Å². The van der Waals surface area contributed by atoms with E-state index in [4.69, 9.17) is 21.1 Å². The Hall–Kier alpha value is -1.92. The molecule has 21 heavy (non-hydrogen) atoms. The van der Waals surface area contributed by atoms with E-state index in [0.717, 1.165) is 4.90 Å². The van der Waals surface area contributed by atoms with Crippen LogP contribution in [0.25, 0.3) is 0 Å². The molecule has 2 rings (SSSR count). The highest BCUT2D eigenvalue weighted by Crippen LogP contribution is 2.27. The van der Waals surface area contributed by atoms with Crippen molar-refractivity contribution in [1.82, 2.24) is 0 Å². The minimum absolute atomic E-state index is 0.0522. The maximum Gasteiger partial charge on any atom is 0.373 e. The number of carbonyl (C=O) groups is 2. The summed E-state index contributed by atoms with van der Waals surface area (Å²) in [6, 6.07) is 7.97. The molecule has 7 heteroatoms. The van der Waals surface area contributed by atoms with Crippen LogP contribution in [0.4, 0.5) is 0 Å². The first kappa shape index (κ1) is 15.5. The normalized spacial score (nSPS) is 10.4. The average molecular weight is 327 g/mol. The molecular weight excluding hydrogens is 316 g/mol. The molecule has 0 spiro atoms. The number of rotatable bonds is 5. The summed E-state index contributed by atoms with van der Waals surface area (Å²) in [5, 5.41) is 9.20. The van der Waals surface area contributed by atoms with Gasteiger partial charge in [-0.3, -0.25) is 0 Å². The molecular formula is C14H11ClO5S. The van der Waals surface area contributed by atoms with Crippen LogP contribution in [-0.4, -0.2) is 24.2 Å². The predicted octanol–water partition coefficient (Wildman–Crippen LogP) is 3.71. The first-order chi connectivity index (χ1) is 10.0. The number of hydrogen-bond acceptors (Lipinski definition) is 5. The van der Waals surface area contributed by atoms with E-state index in [0.29, 0.717) is 11.5 Å². The standard InChI is InChI=1S/C14H11ClO5S/c1-19-14(18)12-5-2-8(20-12)7-21-9-3-4-11(15)10(6-9)13(16)17/h2-6H,7H2,1H3,(H,16,17). The summed E-state index contributed by atoms with van der Waals surface area (Å²) in [7, 11) is 1.28. The number of thioether (sulfide) groups is 1. The van der Waals surface area contributed by atoms with Gasteiger partial charge in [0.1, 0.15) is 5.76 Å². The Morgan fingerprint density at radius 3 is 2.76 bits per heavy atom. The molecule has 1 aromatic heterocycles. The second-order valence-electron chi connectivity index (χ2n) is 3.99. The van der Waals surface area contributed by atoms with E-state index in [-0.39, 0.29) is 16.3 Å². The Morgan fingerprint density at radius 1 is 1.33 bits per heavy atom. The van der Waals surface area contributed by atoms with E-state index < -0.39 is 11.9 Å². The second kappa shape index (κ2) is 6.69. The van der Waals surface area contributed by atoms with E-state index in [1.54, 1.807) is 12.1 Å². The number of carboxylic acid groups (broad SMARTS) is 1. The summed E-state index contributed by atoms with van der Waals surface area (Å²) in [4.78, 5) is 23.0. The number of carboxylic acids is 1. The number of ether oxygens (including phenoxy) is 1. The van der Waals surface area contributed by atoms with E-state index in [1.807, 2.05) is 0 Å². The first-order valence-corrected chi connectivity index (χ1v) is 7.20. The van der Waals surface area contributed by atoms with Gasteiger partial charge in [-0.15, -0.1) is 11.8 Å². The SMILES string of the molecule is COC(=O)c1ccc(CSc2ccc(Cl)c(C(=O)O)c2)o1. The number of halogens is 1. The van der Waals surface area contributed by atoms with Crippen molar-refractivity contribution in [3.8, 4) is 0 Å². The molecule has 0 saturated heterocycles. The minimum Gasteiger partial charge on any atom is -0.478 e. The molecule has 1 aromatic carbocycles. The number of hydrogen-bond donors (Lipinski definition) is 1. The van der Waals surface area contributed by atoms with Gasteiger partial charge in [-0.2, -0.15) is 0 Å². The third-order valence-electron chi connectivity index (χ3n) is 2.60. The third-order valence-corrected chi connectivity index (χ3v) is 3.94. The van der Waals surface area contributed by atoms with Gasteiger partial charge >= 0.3 is 11.9 Å². The molecule has 0 aliphatic heterocycles. The highest BCUT2D eigenvalue weighted by molar-refractivity contribution is 7.98. The summed E-state index contributed by atoms with van der Waals surface area (Å²) in [5.74, 6) is -0.431. The zero-order valence-electron chi connectivity index (χ0n) is 11.0. The molecule has 0 bridgehead atoms. The Kier molecular flexibility index (Phi) is 4.93. The molecule has 0 saturated carbocycles. The lowest BCUT2D eigenvalue weighted by Gasteiger charge is -2.03. The number of methoxy groups -OCH3 is 1. The van der Waals surface area contributed by atoms with Gasteiger partial charge in [0, 0.05) is 4.90 Å². The first-order valence-electron chi connectivity index (χ1n) is 5.84. The van der Waals surface area contributed by atoms with Crippen LogP contribution >= 0.6 is 23.4 Å². The van der Waals surface area contributed by atoms with Gasteiger partial charge in [-0.05, 0) is 30.3 Å². The van der Waals surface area contributed by atoms with Gasteiger partial charge in [-0.25, -0.2) is 9.59 Å². The Bertz CT molecular complexity index is 680. The predicted molar refractivity (Wildman–Crippen MR) is 78.0 cm³/mol. The molecule has 1 heterocycles. The van der Waals surface area contributed by atoms with Crippen LogP contribution in [0.15, 0.2) is 39.6 Å². The zero-order valence-corrected chi connectivity index (χ0v) is 12.5. The molecule has 0 fully saturated rings. The number of carbonyl (C=O) groups excluding carboxylic acids is 1. The zero-order chi connectivity index (χ0) is 15.4. The fraction of sp³-hybridized carbons (Fsp3) is 0.143. The minimum atomic E-state index is -1.08. The van der Waals surface area contributed by atoms with Gasteiger partial charge in [0.2, 0.25) is 5.76 Å². The summed E-state index contributed by atoms with van der Waals surface area (Å²) in [5.41, 5.74) is 0.0522. The Morgan fingerprint density at radius 2 is 2.10 bits per heavy atom. The van der Waals surface area contributed by atoms with Crippen molar-refractivity contribution in [3.05, 3.63) is 52.4 Å². The number of benzene rings is 1. The van der Waals surface area contributed by atoms with Crippen LogP contribution in [0.1, 0.15) is 26.7 Å². The number of furan rings is 1. The second-order valence-corrected chi connectivity index (χ2v) is 5.45. The highest BCUT2D eigenvalue weighted by atomic mass is 35.5. The summed E-state index contributed by atoms with van der Waals surface area (Å²) in [6.07, 6.45) is 0. The molecule has 0 aliphatic carbocycles. The molecule has 0 aliphatic rings. The van der Waals surface area contributed by atoms with Crippen molar-refractivity contribution in [1.29, 1.82) is 0 Å². The lowest BCUT2D eigenvalue weighted by Crippen LogP contribution is -1.98. The van der Waals surface area contributed by atoms with Gasteiger partial charge in [-0.1, -0.05) is 11.6 Å². The maximum absolute atomic E-state index is 11.3. The topological polar surface area (TPSA) is 76.7 Å². The van der Waals surface area contributed by atoms with Crippen molar-refractivity contribution in [2.75, 3.05) is 7.11 Å². The van der Waals surface area contributed by atoms with E-state index >= 15 is 0 Å². The quantitative estimate of drug-likeness (QED) is 0.666. The molecule has 5 nitrogen and oxygen atoms in total. The highest BCUT2D eigenvalue weighted by Gasteiger charge is 2.12. The van der Waals surface area contributed by atoms with Crippen molar-refractivity contribution < 1.29 is 23.8 Å². The summed E-state index contributed by atoms with van der Waals surface area (Å²) in [6.45, 7) is 0. The molecule has 0 radical (unpaired) electrons. The molecule has 1 N–H and O–H groups in total. The monoisotopic (exact) mass is 326 g/mol. The number of esters is 1. The Balaban J connectivity index is 2.06. The van der Waals surface area contributed by atoms with E-state index in [2.05, 4.69) is 4.74 Å². The van der Waals surface area contributed by atoms with Crippen LogP contribution in [0.5, 0.6) is 0 Å². The van der Waals surface area contributed by atoms with Gasteiger partial charge in [0.15, 0.2) is 0 Å².